The zero-order valence-electron chi connectivity index (χ0n) is 26.7. The van der Waals surface area contributed by atoms with E-state index in [2.05, 4.69) is 153 Å². The van der Waals surface area contributed by atoms with Crippen LogP contribution in [0, 0.1) is 0 Å². The van der Waals surface area contributed by atoms with Crippen molar-refractivity contribution in [2.75, 3.05) is 0 Å². The number of hydrogen-bond acceptors (Lipinski definition) is 3. The Bertz CT molecular complexity index is 2110. The SMILES string of the molecule is CCC1(CC)c2ccccc2-c2c(-c3nc(-c4ccccc4-c4ccccc4)nc(-c4ccccc4-c4ccccc4)n3)cccc21. The first kappa shape index (κ1) is 28.8. The molecule has 7 aromatic rings. The van der Waals surface area contributed by atoms with E-state index in [1.54, 1.807) is 0 Å². The largest absolute Gasteiger partial charge is 0.208 e. The minimum absolute atomic E-state index is 0.0412. The van der Waals surface area contributed by atoms with Gasteiger partial charge in [0.2, 0.25) is 0 Å². The second kappa shape index (κ2) is 11.9. The molecule has 0 unspecified atom stereocenters. The van der Waals surface area contributed by atoms with Gasteiger partial charge in [0, 0.05) is 22.1 Å². The van der Waals surface area contributed by atoms with Gasteiger partial charge in [0.1, 0.15) is 0 Å². The van der Waals surface area contributed by atoms with Crippen molar-refractivity contribution in [3.63, 3.8) is 0 Å². The number of hydrogen-bond donors (Lipinski definition) is 0. The summed E-state index contributed by atoms with van der Waals surface area (Å²) < 4.78 is 0. The lowest BCUT2D eigenvalue weighted by Gasteiger charge is -2.29. The van der Waals surface area contributed by atoms with E-state index in [1.165, 1.54) is 22.3 Å². The number of nitrogens with zero attached hydrogens (tertiary/aromatic N) is 3. The minimum atomic E-state index is -0.0412. The molecule has 0 spiro atoms. The molecule has 0 saturated heterocycles. The van der Waals surface area contributed by atoms with Gasteiger partial charge < -0.3 is 0 Å². The summed E-state index contributed by atoms with van der Waals surface area (Å²) >= 11 is 0. The third-order valence-electron chi connectivity index (χ3n) is 9.88. The highest BCUT2D eigenvalue weighted by Crippen LogP contribution is 2.55. The molecule has 0 atom stereocenters. The van der Waals surface area contributed by atoms with Gasteiger partial charge in [-0.25, -0.2) is 15.0 Å². The molecular weight excluding hydrogens is 571 g/mol. The molecule has 226 valence electrons. The van der Waals surface area contributed by atoms with E-state index >= 15 is 0 Å². The predicted molar refractivity (Wildman–Crippen MR) is 194 cm³/mol. The average molecular weight is 606 g/mol. The maximum Gasteiger partial charge on any atom is 0.164 e. The Morgan fingerprint density at radius 3 is 1.26 bits per heavy atom. The normalized spacial score (nSPS) is 12.8. The smallest absolute Gasteiger partial charge is 0.164 e. The quantitative estimate of drug-likeness (QED) is 0.181. The van der Waals surface area contributed by atoms with Crippen LogP contribution in [-0.4, -0.2) is 15.0 Å². The molecule has 0 bridgehead atoms. The Morgan fingerprint density at radius 1 is 0.362 bits per heavy atom. The molecule has 0 N–H and O–H groups in total. The molecular formula is C44H35N3. The van der Waals surface area contributed by atoms with Crippen molar-refractivity contribution < 1.29 is 0 Å². The second-order valence-corrected chi connectivity index (χ2v) is 12.2. The van der Waals surface area contributed by atoms with Gasteiger partial charge in [0.05, 0.1) is 0 Å². The molecule has 1 heterocycles. The van der Waals surface area contributed by atoms with Gasteiger partial charge in [0.15, 0.2) is 17.5 Å². The molecule has 6 aromatic carbocycles. The van der Waals surface area contributed by atoms with Crippen LogP contribution in [0.1, 0.15) is 37.8 Å². The summed E-state index contributed by atoms with van der Waals surface area (Å²) in [6, 6.07) is 53.4. The fraction of sp³-hybridized carbons (Fsp3) is 0.114. The molecule has 3 heteroatoms. The molecule has 1 aliphatic rings. The lowest BCUT2D eigenvalue weighted by atomic mass is 9.74. The van der Waals surface area contributed by atoms with Crippen LogP contribution in [0.2, 0.25) is 0 Å². The van der Waals surface area contributed by atoms with E-state index in [-0.39, 0.29) is 5.41 Å². The van der Waals surface area contributed by atoms with Crippen LogP contribution >= 0.6 is 0 Å². The summed E-state index contributed by atoms with van der Waals surface area (Å²) in [7, 11) is 0. The minimum Gasteiger partial charge on any atom is -0.208 e. The molecule has 1 aliphatic carbocycles. The van der Waals surface area contributed by atoms with E-state index in [0.717, 1.165) is 51.8 Å². The van der Waals surface area contributed by atoms with E-state index in [0.29, 0.717) is 17.5 Å². The van der Waals surface area contributed by atoms with Crippen molar-refractivity contribution in [1.29, 1.82) is 0 Å². The summed E-state index contributed by atoms with van der Waals surface area (Å²) in [5.74, 6) is 2.01. The van der Waals surface area contributed by atoms with Gasteiger partial charge in [-0.05, 0) is 57.3 Å². The molecule has 3 nitrogen and oxygen atoms in total. The number of benzene rings is 6. The Kier molecular flexibility index (Phi) is 7.30. The third-order valence-corrected chi connectivity index (χ3v) is 9.88. The fourth-order valence-electron chi connectivity index (χ4n) is 7.54. The first-order valence-corrected chi connectivity index (χ1v) is 16.5. The van der Waals surface area contributed by atoms with Crippen LogP contribution in [0.25, 0.3) is 67.5 Å². The summed E-state index contributed by atoms with van der Waals surface area (Å²) in [5.41, 5.74) is 12.7. The van der Waals surface area contributed by atoms with Gasteiger partial charge in [-0.15, -0.1) is 0 Å². The first-order valence-electron chi connectivity index (χ1n) is 16.5. The third kappa shape index (κ3) is 4.78. The molecule has 8 rings (SSSR count). The van der Waals surface area contributed by atoms with Crippen LogP contribution in [0.3, 0.4) is 0 Å². The van der Waals surface area contributed by atoms with Gasteiger partial charge in [-0.2, -0.15) is 0 Å². The maximum absolute atomic E-state index is 5.32. The van der Waals surface area contributed by atoms with Crippen molar-refractivity contribution in [2.24, 2.45) is 0 Å². The highest BCUT2D eigenvalue weighted by Gasteiger charge is 2.41. The van der Waals surface area contributed by atoms with Gasteiger partial charge in [0.25, 0.3) is 0 Å². The van der Waals surface area contributed by atoms with Crippen LogP contribution in [0.4, 0.5) is 0 Å². The molecule has 0 saturated carbocycles. The summed E-state index contributed by atoms with van der Waals surface area (Å²) in [4.78, 5) is 15.9. The highest BCUT2D eigenvalue weighted by molar-refractivity contribution is 5.92. The highest BCUT2D eigenvalue weighted by atomic mass is 15.0. The lowest BCUT2D eigenvalue weighted by Crippen LogP contribution is -2.22. The lowest BCUT2D eigenvalue weighted by molar-refractivity contribution is 0.490. The molecule has 47 heavy (non-hydrogen) atoms. The Morgan fingerprint density at radius 2 is 0.745 bits per heavy atom. The number of rotatable bonds is 7. The Labute approximate surface area is 276 Å². The van der Waals surface area contributed by atoms with Gasteiger partial charge >= 0.3 is 0 Å². The van der Waals surface area contributed by atoms with Gasteiger partial charge in [-0.3, -0.25) is 0 Å². The van der Waals surface area contributed by atoms with E-state index in [4.69, 9.17) is 15.0 Å². The molecule has 0 amide bonds. The van der Waals surface area contributed by atoms with E-state index in [9.17, 15) is 0 Å². The van der Waals surface area contributed by atoms with Crippen molar-refractivity contribution in [1.82, 2.24) is 15.0 Å². The average Bonchev–Trinajstić information content (AvgIpc) is 3.45. The van der Waals surface area contributed by atoms with E-state index in [1.807, 2.05) is 12.1 Å². The zero-order valence-corrected chi connectivity index (χ0v) is 26.7. The molecule has 0 radical (unpaired) electrons. The van der Waals surface area contributed by atoms with Crippen molar-refractivity contribution in [3.8, 4) is 67.5 Å². The topological polar surface area (TPSA) is 38.7 Å². The molecule has 0 aliphatic heterocycles. The standard InChI is InChI=1S/C44H35N3/c1-3-44(4-2)38-28-16-15-26-36(38)40-37(27-17-29-39(40)44)43-46-41(34-24-13-11-22-32(34)30-18-7-5-8-19-30)45-42(47-43)35-25-14-12-23-33(35)31-20-9-6-10-21-31/h5-29H,3-4H2,1-2H3. The monoisotopic (exact) mass is 605 g/mol. The Hall–Kier alpha value is -5.67. The molecule has 0 fully saturated rings. The summed E-state index contributed by atoms with van der Waals surface area (Å²) in [6.45, 7) is 4.62. The second-order valence-electron chi connectivity index (χ2n) is 12.2. The van der Waals surface area contributed by atoms with Crippen molar-refractivity contribution >= 4 is 0 Å². The molecule has 1 aromatic heterocycles. The fourth-order valence-corrected chi connectivity index (χ4v) is 7.54. The summed E-state index contributed by atoms with van der Waals surface area (Å²) in [5, 5.41) is 0. The Balaban J connectivity index is 1.42. The predicted octanol–water partition coefficient (Wildman–Crippen LogP) is 11.3. The first-order chi connectivity index (χ1) is 23.2. The van der Waals surface area contributed by atoms with Crippen molar-refractivity contribution in [2.45, 2.75) is 32.1 Å². The van der Waals surface area contributed by atoms with E-state index < -0.39 is 0 Å². The van der Waals surface area contributed by atoms with Crippen LogP contribution in [0.15, 0.2) is 152 Å². The zero-order chi connectivity index (χ0) is 31.8. The van der Waals surface area contributed by atoms with Gasteiger partial charge in [-0.1, -0.05) is 166 Å². The van der Waals surface area contributed by atoms with Crippen LogP contribution in [-0.2, 0) is 5.41 Å². The number of fused-ring (bicyclic) bond motifs is 3. The van der Waals surface area contributed by atoms with Crippen LogP contribution in [0.5, 0.6) is 0 Å². The van der Waals surface area contributed by atoms with Crippen LogP contribution < -0.4 is 0 Å². The maximum atomic E-state index is 5.32. The number of aromatic nitrogens is 3. The van der Waals surface area contributed by atoms with Crippen molar-refractivity contribution in [3.05, 3.63) is 163 Å². The summed E-state index contributed by atoms with van der Waals surface area (Å²) in [6.07, 6.45) is 2.05.